The Balaban J connectivity index is 2.71. The largest absolute Gasteiger partial charge is 0.494 e. The Kier molecular flexibility index (Phi) is 8.17. The van der Waals surface area contributed by atoms with E-state index in [0.29, 0.717) is 31.9 Å². The molecule has 2 N–H and O–H groups in total. The number of amides is 1. The zero-order chi connectivity index (χ0) is 18.2. The molecule has 0 saturated carbocycles. The number of sulfonamides is 1. The van der Waals surface area contributed by atoms with Gasteiger partial charge >= 0.3 is 0 Å². The highest BCUT2D eigenvalue weighted by molar-refractivity contribution is 7.89. The maximum atomic E-state index is 12.4. The van der Waals surface area contributed by atoms with Gasteiger partial charge in [0.1, 0.15) is 5.75 Å². The van der Waals surface area contributed by atoms with E-state index in [0.717, 1.165) is 5.56 Å². The summed E-state index contributed by atoms with van der Waals surface area (Å²) in [6.07, 6.45) is 0.666. The fraction of sp³-hybridized carbons (Fsp3) is 0.562. The molecule has 0 saturated heterocycles. The topological polar surface area (TPSA) is 93.7 Å². The Morgan fingerprint density at radius 2 is 2.04 bits per heavy atom. The molecular weight excluding hydrogens is 332 g/mol. The Labute approximate surface area is 143 Å². The third-order valence-electron chi connectivity index (χ3n) is 3.31. The lowest BCUT2D eigenvalue weighted by molar-refractivity contribution is -0.122. The van der Waals surface area contributed by atoms with Gasteiger partial charge in [-0.25, -0.2) is 8.42 Å². The van der Waals surface area contributed by atoms with Crippen molar-refractivity contribution in [3.8, 4) is 5.75 Å². The molecule has 0 unspecified atom stereocenters. The van der Waals surface area contributed by atoms with E-state index in [2.05, 4.69) is 10.0 Å². The van der Waals surface area contributed by atoms with Crippen LogP contribution in [0.3, 0.4) is 0 Å². The summed E-state index contributed by atoms with van der Waals surface area (Å²) in [6, 6.07) is 3.73. The van der Waals surface area contributed by atoms with Crippen molar-refractivity contribution in [2.75, 3.05) is 26.9 Å². The molecule has 1 amide bonds. The predicted octanol–water partition coefficient (Wildman–Crippen LogP) is 1.21. The highest BCUT2D eigenvalue weighted by Crippen LogP contribution is 2.21. The number of ether oxygens (including phenoxy) is 2. The summed E-state index contributed by atoms with van der Waals surface area (Å²) in [5, 5.41) is 2.66. The first-order chi connectivity index (χ1) is 11.3. The van der Waals surface area contributed by atoms with Gasteiger partial charge in [-0.3, -0.25) is 4.79 Å². The van der Waals surface area contributed by atoms with E-state index in [1.807, 2.05) is 6.92 Å². The van der Waals surface area contributed by atoms with E-state index in [1.165, 1.54) is 19.1 Å². The van der Waals surface area contributed by atoms with Gasteiger partial charge in [0.15, 0.2) is 0 Å². The molecule has 1 aromatic carbocycles. The Bertz CT molecular complexity index is 646. The molecule has 8 heteroatoms. The molecule has 24 heavy (non-hydrogen) atoms. The van der Waals surface area contributed by atoms with Crippen LogP contribution in [0.1, 0.15) is 25.8 Å². The number of carbonyl (C=O) groups excluding carboxylic acids is 1. The standard InChI is InChI=1S/C16H26N2O5S/c1-5-23-15-8-7-14(11-12(15)2)24(20,21)18-13(3)16(19)17-9-6-10-22-4/h7-8,11,13,18H,5-6,9-10H2,1-4H3,(H,17,19)/t13-/m1/s1. The summed E-state index contributed by atoms with van der Waals surface area (Å²) in [4.78, 5) is 12.0. The van der Waals surface area contributed by atoms with Gasteiger partial charge in [-0.2, -0.15) is 4.72 Å². The smallest absolute Gasteiger partial charge is 0.241 e. The van der Waals surface area contributed by atoms with Gasteiger partial charge in [0.2, 0.25) is 15.9 Å². The molecule has 7 nitrogen and oxygen atoms in total. The van der Waals surface area contributed by atoms with Gasteiger partial charge in [-0.15, -0.1) is 0 Å². The van der Waals surface area contributed by atoms with Crippen LogP contribution in [0.25, 0.3) is 0 Å². The lowest BCUT2D eigenvalue weighted by atomic mass is 10.2. The molecule has 1 atom stereocenters. The van der Waals surface area contributed by atoms with Crippen LogP contribution in [0.4, 0.5) is 0 Å². The van der Waals surface area contributed by atoms with Gasteiger partial charge in [0, 0.05) is 20.3 Å². The first-order valence-electron chi connectivity index (χ1n) is 7.84. The number of aryl methyl sites for hydroxylation is 1. The van der Waals surface area contributed by atoms with Crippen molar-refractivity contribution < 1.29 is 22.7 Å². The van der Waals surface area contributed by atoms with Crippen molar-refractivity contribution in [2.24, 2.45) is 0 Å². The summed E-state index contributed by atoms with van der Waals surface area (Å²) in [7, 11) is -2.20. The molecular formula is C16H26N2O5S. The van der Waals surface area contributed by atoms with Crippen molar-refractivity contribution in [3.63, 3.8) is 0 Å². The van der Waals surface area contributed by atoms with Crippen molar-refractivity contribution in [1.82, 2.24) is 10.0 Å². The summed E-state index contributed by atoms with van der Waals surface area (Å²) in [5.41, 5.74) is 0.719. The number of benzene rings is 1. The van der Waals surface area contributed by atoms with Crippen molar-refractivity contribution in [1.29, 1.82) is 0 Å². The average Bonchev–Trinajstić information content (AvgIpc) is 2.53. The Hall–Kier alpha value is -1.64. The van der Waals surface area contributed by atoms with Crippen LogP contribution in [-0.4, -0.2) is 47.2 Å². The molecule has 0 radical (unpaired) electrons. The van der Waals surface area contributed by atoms with Crippen molar-refractivity contribution in [3.05, 3.63) is 23.8 Å². The van der Waals surface area contributed by atoms with Gasteiger partial charge < -0.3 is 14.8 Å². The van der Waals surface area contributed by atoms with Crippen LogP contribution in [0.2, 0.25) is 0 Å². The molecule has 1 rings (SSSR count). The van der Waals surface area contributed by atoms with E-state index >= 15 is 0 Å². The van der Waals surface area contributed by atoms with Crippen molar-refractivity contribution >= 4 is 15.9 Å². The normalized spacial score (nSPS) is 12.7. The highest BCUT2D eigenvalue weighted by atomic mass is 32.2. The molecule has 0 heterocycles. The average molecular weight is 358 g/mol. The molecule has 136 valence electrons. The number of carbonyl (C=O) groups is 1. The number of nitrogens with one attached hydrogen (secondary N) is 2. The summed E-state index contributed by atoms with van der Waals surface area (Å²) in [5.74, 6) is 0.262. The van der Waals surface area contributed by atoms with E-state index in [9.17, 15) is 13.2 Å². The van der Waals surface area contributed by atoms with Crippen LogP contribution < -0.4 is 14.8 Å². The second-order valence-corrected chi connectivity index (χ2v) is 7.05. The number of methoxy groups -OCH3 is 1. The van der Waals surface area contributed by atoms with Gasteiger partial charge in [-0.1, -0.05) is 0 Å². The van der Waals surface area contributed by atoms with Gasteiger partial charge in [-0.05, 0) is 51.0 Å². The molecule has 1 aromatic rings. The quantitative estimate of drug-likeness (QED) is 0.613. The first kappa shape index (κ1) is 20.4. The predicted molar refractivity (Wildman–Crippen MR) is 91.6 cm³/mol. The van der Waals surface area contributed by atoms with Crippen LogP contribution in [0, 0.1) is 6.92 Å². The maximum absolute atomic E-state index is 12.4. The molecule has 0 aromatic heterocycles. The zero-order valence-corrected chi connectivity index (χ0v) is 15.4. The molecule has 0 fully saturated rings. The maximum Gasteiger partial charge on any atom is 0.241 e. The van der Waals surface area contributed by atoms with E-state index in [4.69, 9.17) is 9.47 Å². The fourth-order valence-corrected chi connectivity index (χ4v) is 3.33. The van der Waals surface area contributed by atoms with Crippen molar-refractivity contribution in [2.45, 2.75) is 38.1 Å². The molecule has 0 aliphatic rings. The van der Waals surface area contributed by atoms with E-state index in [1.54, 1.807) is 20.1 Å². The molecule has 0 aliphatic carbocycles. The minimum Gasteiger partial charge on any atom is -0.494 e. The van der Waals surface area contributed by atoms with Crippen LogP contribution in [0.5, 0.6) is 5.75 Å². The SMILES string of the molecule is CCOc1ccc(S(=O)(=O)N[C@H](C)C(=O)NCCCOC)cc1C. The summed E-state index contributed by atoms with van der Waals surface area (Å²) >= 11 is 0. The third kappa shape index (κ3) is 6.10. The zero-order valence-electron chi connectivity index (χ0n) is 14.6. The van der Waals surface area contributed by atoms with Crippen LogP contribution >= 0.6 is 0 Å². The summed E-state index contributed by atoms with van der Waals surface area (Å²) in [6.45, 7) is 6.61. The summed E-state index contributed by atoms with van der Waals surface area (Å²) < 4.78 is 37.5. The molecule has 0 aliphatic heterocycles. The Morgan fingerprint density at radius 3 is 2.62 bits per heavy atom. The third-order valence-corrected chi connectivity index (χ3v) is 4.84. The number of hydrogen-bond acceptors (Lipinski definition) is 5. The van der Waals surface area contributed by atoms with E-state index < -0.39 is 16.1 Å². The second-order valence-electron chi connectivity index (χ2n) is 5.34. The first-order valence-corrected chi connectivity index (χ1v) is 9.32. The van der Waals surface area contributed by atoms with Crippen LogP contribution in [-0.2, 0) is 19.6 Å². The Morgan fingerprint density at radius 1 is 1.33 bits per heavy atom. The monoisotopic (exact) mass is 358 g/mol. The van der Waals surface area contributed by atoms with Gasteiger partial charge in [0.25, 0.3) is 0 Å². The number of hydrogen-bond donors (Lipinski definition) is 2. The van der Waals surface area contributed by atoms with E-state index in [-0.39, 0.29) is 10.8 Å². The second kappa shape index (κ2) is 9.61. The molecule has 0 spiro atoms. The molecule has 0 bridgehead atoms. The fourth-order valence-electron chi connectivity index (χ4n) is 2.04. The highest BCUT2D eigenvalue weighted by Gasteiger charge is 2.22. The minimum absolute atomic E-state index is 0.0995. The van der Waals surface area contributed by atoms with Gasteiger partial charge in [0.05, 0.1) is 17.5 Å². The number of rotatable bonds is 10. The lowest BCUT2D eigenvalue weighted by Gasteiger charge is -2.15. The van der Waals surface area contributed by atoms with Crippen LogP contribution in [0.15, 0.2) is 23.1 Å². The lowest BCUT2D eigenvalue weighted by Crippen LogP contribution is -2.45. The minimum atomic E-state index is -3.79.